The molecule has 2 N–H and O–H groups in total. The molecule has 0 saturated heterocycles. The van der Waals surface area contributed by atoms with E-state index in [9.17, 15) is 14.7 Å². The van der Waals surface area contributed by atoms with Gasteiger partial charge >= 0.3 is 11.9 Å². The van der Waals surface area contributed by atoms with E-state index in [0.29, 0.717) is 27.4 Å². The lowest BCUT2D eigenvalue weighted by Gasteiger charge is -2.16. The van der Waals surface area contributed by atoms with Crippen LogP contribution in [-0.2, 0) is 19.1 Å². The van der Waals surface area contributed by atoms with Crippen LogP contribution in [0.15, 0.2) is 48.2 Å². The van der Waals surface area contributed by atoms with Crippen LogP contribution in [-0.4, -0.2) is 31.3 Å². The summed E-state index contributed by atoms with van der Waals surface area (Å²) in [6.45, 7) is 1.77. The number of phenolic OH excluding ortho intramolecular Hbond substituents is 1. The van der Waals surface area contributed by atoms with E-state index >= 15 is 0 Å². The number of hydrogen-bond acceptors (Lipinski definition) is 6. The van der Waals surface area contributed by atoms with Gasteiger partial charge in [-0.15, -0.1) is 0 Å². The third-order valence-corrected chi connectivity index (χ3v) is 3.98. The number of nitrogens with one attached hydrogen (secondary N) is 1. The summed E-state index contributed by atoms with van der Waals surface area (Å²) in [5.74, 6) is -1.41. The van der Waals surface area contributed by atoms with Crippen LogP contribution in [0.1, 0.15) is 5.56 Å². The molecule has 0 fully saturated rings. The third kappa shape index (κ3) is 4.15. The molecule has 0 aliphatic rings. The number of anilines is 1. The van der Waals surface area contributed by atoms with Gasteiger partial charge in [0.05, 0.1) is 31.0 Å². The number of carbonyl (C=O) groups excluding carboxylic acids is 2. The molecule has 7 heteroatoms. The molecule has 0 bridgehead atoms. The van der Waals surface area contributed by atoms with Crippen molar-refractivity contribution in [3.05, 3.63) is 58.8 Å². The lowest BCUT2D eigenvalue weighted by Crippen LogP contribution is -2.16. The van der Waals surface area contributed by atoms with E-state index in [2.05, 4.69) is 14.8 Å². The van der Waals surface area contributed by atoms with Crippen LogP contribution in [0.25, 0.3) is 11.1 Å². The molecule has 0 radical (unpaired) electrons. The van der Waals surface area contributed by atoms with E-state index in [-0.39, 0.29) is 11.4 Å². The van der Waals surface area contributed by atoms with Crippen molar-refractivity contribution in [3.63, 3.8) is 0 Å². The molecule has 0 heterocycles. The number of phenols is 1. The Morgan fingerprint density at radius 1 is 1.08 bits per heavy atom. The summed E-state index contributed by atoms with van der Waals surface area (Å²) in [6, 6.07) is 10.4. The van der Waals surface area contributed by atoms with E-state index in [1.165, 1.54) is 14.2 Å². The van der Waals surface area contributed by atoms with Crippen molar-refractivity contribution in [2.45, 2.75) is 6.92 Å². The molecule has 136 valence electrons. The van der Waals surface area contributed by atoms with E-state index in [1.54, 1.807) is 43.3 Å². The number of rotatable bonds is 5. The van der Waals surface area contributed by atoms with Gasteiger partial charge in [0.2, 0.25) is 0 Å². The number of esters is 2. The highest BCUT2D eigenvalue weighted by molar-refractivity contribution is 6.34. The Morgan fingerprint density at radius 2 is 1.73 bits per heavy atom. The Balaban J connectivity index is 2.59. The number of carbonyl (C=O) groups is 2. The van der Waals surface area contributed by atoms with Crippen LogP contribution in [0.2, 0.25) is 5.02 Å². The molecule has 0 aliphatic carbocycles. The molecular weight excluding hydrogens is 358 g/mol. The number of aryl methyl sites for hydroxylation is 1. The monoisotopic (exact) mass is 375 g/mol. The van der Waals surface area contributed by atoms with Gasteiger partial charge in [-0.2, -0.15) is 0 Å². The number of methoxy groups -OCH3 is 2. The van der Waals surface area contributed by atoms with Crippen LogP contribution in [0.3, 0.4) is 0 Å². The maximum Gasteiger partial charge on any atom is 0.354 e. The Bertz CT molecular complexity index is 876. The lowest BCUT2D eigenvalue weighted by molar-refractivity contribution is -0.138. The highest BCUT2D eigenvalue weighted by atomic mass is 35.5. The predicted molar refractivity (Wildman–Crippen MR) is 99.0 cm³/mol. The number of hydrogen-bond donors (Lipinski definition) is 2. The first kappa shape index (κ1) is 19.3. The molecule has 0 aliphatic heterocycles. The summed E-state index contributed by atoms with van der Waals surface area (Å²) in [6.07, 6.45) is 0.967. The zero-order valence-corrected chi connectivity index (χ0v) is 15.3. The van der Waals surface area contributed by atoms with Crippen molar-refractivity contribution in [2.24, 2.45) is 0 Å². The first-order valence-corrected chi connectivity index (χ1v) is 7.99. The van der Waals surface area contributed by atoms with Crippen LogP contribution in [0.5, 0.6) is 5.75 Å². The summed E-state index contributed by atoms with van der Waals surface area (Å²) in [4.78, 5) is 23.5. The number of benzene rings is 2. The second-order valence-electron chi connectivity index (χ2n) is 5.33. The van der Waals surface area contributed by atoms with Gasteiger partial charge in [-0.1, -0.05) is 41.9 Å². The summed E-state index contributed by atoms with van der Waals surface area (Å²) in [7, 11) is 2.38. The third-order valence-electron chi connectivity index (χ3n) is 3.67. The number of ether oxygens (including phenoxy) is 2. The smallest absolute Gasteiger partial charge is 0.354 e. The maximum absolute atomic E-state index is 12.0. The van der Waals surface area contributed by atoms with Gasteiger partial charge < -0.3 is 19.9 Å². The molecule has 2 aromatic carbocycles. The molecule has 0 atom stereocenters. The van der Waals surface area contributed by atoms with E-state index in [4.69, 9.17) is 11.6 Å². The first-order valence-electron chi connectivity index (χ1n) is 7.61. The van der Waals surface area contributed by atoms with Gasteiger partial charge in [-0.3, -0.25) is 0 Å². The number of aromatic hydroxyl groups is 1. The SMILES string of the molecule is COC(=O)/C=C(/Nc1c(Cl)cccc1-c1cccc(C)c1O)C(=O)OC. The molecule has 0 saturated carbocycles. The van der Waals surface area contributed by atoms with Gasteiger partial charge in [0, 0.05) is 11.1 Å². The van der Waals surface area contributed by atoms with Crippen molar-refractivity contribution in [1.82, 2.24) is 0 Å². The molecule has 0 spiro atoms. The van der Waals surface area contributed by atoms with Gasteiger partial charge in [0.15, 0.2) is 0 Å². The minimum atomic E-state index is -0.769. The Kier molecular flexibility index (Phi) is 6.25. The molecule has 0 aromatic heterocycles. The fraction of sp³-hybridized carbons (Fsp3) is 0.158. The molecular formula is C19H18ClNO5. The van der Waals surface area contributed by atoms with Gasteiger partial charge in [0.25, 0.3) is 0 Å². The number of halogens is 1. The number of para-hydroxylation sites is 2. The zero-order chi connectivity index (χ0) is 19.3. The Hall–Kier alpha value is -2.99. The van der Waals surface area contributed by atoms with E-state index in [1.807, 2.05) is 0 Å². The summed E-state index contributed by atoms with van der Waals surface area (Å²) in [5.41, 5.74) is 1.96. The van der Waals surface area contributed by atoms with Crippen LogP contribution < -0.4 is 5.32 Å². The molecule has 0 unspecified atom stereocenters. The minimum absolute atomic E-state index is 0.0920. The van der Waals surface area contributed by atoms with Crippen molar-refractivity contribution in [2.75, 3.05) is 19.5 Å². The fourth-order valence-electron chi connectivity index (χ4n) is 2.32. The van der Waals surface area contributed by atoms with Crippen LogP contribution in [0, 0.1) is 6.92 Å². The molecule has 2 rings (SSSR count). The van der Waals surface area contributed by atoms with Crippen molar-refractivity contribution in [3.8, 4) is 16.9 Å². The predicted octanol–water partition coefficient (Wildman–Crippen LogP) is 3.66. The average molecular weight is 376 g/mol. The highest BCUT2D eigenvalue weighted by Crippen LogP contribution is 2.40. The largest absolute Gasteiger partial charge is 0.507 e. The Labute approximate surface area is 156 Å². The van der Waals surface area contributed by atoms with E-state index in [0.717, 1.165) is 6.08 Å². The molecule has 0 amide bonds. The fourth-order valence-corrected chi connectivity index (χ4v) is 2.54. The van der Waals surface area contributed by atoms with Gasteiger partial charge in [-0.05, 0) is 18.6 Å². The van der Waals surface area contributed by atoms with Crippen molar-refractivity contribution in [1.29, 1.82) is 0 Å². The normalized spacial score (nSPS) is 11.0. The van der Waals surface area contributed by atoms with Crippen LogP contribution >= 0.6 is 11.6 Å². The molecule has 26 heavy (non-hydrogen) atoms. The molecule has 6 nitrogen and oxygen atoms in total. The highest BCUT2D eigenvalue weighted by Gasteiger charge is 2.18. The summed E-state index contributed by atoms with van der Waals surface area (Å²) < 4.78 is 9.25. The van der Waals surface area contributed by atoms with Crippen LogP contribution in [0.4, 0.5) is 5.69 Å². The topological polar surface area (TPSA) is 84.9 Å². The standard InChI is InChI=1S/C19H18ClNO5/c1-11-6-4-8-13(18(11)23)12-7-5-9-14(20)17(12)21-15(19(24)26-3)10-16(22)25-2/h4-10,21,23H,1-3H3/b15-10+. The lowest BCUT2D eigenvalue weighted by atomic mass is 10.00. The second-order valence-corrected chi connectivity index (χ2v) is 5.74. The second kappa shape index (κ2) is 8.40. The van der Waals surface area contributed by atoms with Gasteiger partial charge in [-0.25, -0.2) is 9.59 Å². The van der Waals surface area contributed by atoms with Crippen molar-refractivity contribution >= 4 is 29.2 Å². The first-order chi connectivity index (χ1) is 12.4. The molecule has 2 aromatic rings. The average Bonchev–Trinajstić information content (AvgIpc) is 2.64. The van der Waals surface area contributed by atoms with E-state index < -0.39 is 11.9 Å². The summed E-state index contributed by atoms with van der Waals surface area (Å²) >= 11 is 6.29. The van der Waals surface area contributed by atoms with Crippen molar-refractivity contribution < 1.29 is 24.2 Å². The summed E-state index contributed by atoms with van der Waals surface area (Å²) in [5, 5.41) is 13.5. The zero-order valence-electron chi connectivity index (χ0n) is 14.5. The maximum atomic E-state index is 12.0. The minimum Gasteiger partial charge on any atom is -0.507 e. The quantitative estimate of drug-likeness (QED) is 0.612. The van der Waals surface area contributed by atoms with Gasteiger partial charge in [0.1, 0.15) is 11.4 Å². The Morgan fingerprint density at radius 3 is 2.38 bits per heavy atom.